The summed E-state index contributed by atoms with van der Waals surface area (Å²) in [5, 5.41) is 9.90. The van der Waals surface area contributed by atoms with Crippen LogP contribution in [0.1, 0.15) is 11.7 Å². The molecule has 0 saturated heterocycles. The monoisotopic (exact) mass is 370 g/mol. The van der Waals surface area contributed by atoms with Gasteiger partial charge in [0.15, 0.2) is 0 Å². The van der Waals surface area contributed by atoms with Gasteiger partial charge in [-0.1, -0.05) is 23.7 Å². The number of carboxylic acids is 1. The Morgan fingerprint density at radius 2 is 1.90 bits per heavy atom. The number of benzene rings is 2. The molecule has 0 saturated carbocycles. The van der Waals surface area contributed by atoms with Gasteiger partial charge in [0, 0.05) is 10.6 Å². The van der Waals surface area contributed by atoms with Crippen molar-refractivity contribution in [3.8, 4) is 11.5 Å². The van der Waals surface area contributed by atoms with Gasteiger partial charge in [-0.25, -0.2) is 4.79 Å². The lowest BCUT2D eigenvalue weighted by Gasteiger charge is -2.17. The summed E-state index contributed by atoms with van der Waals surface area (Å²) >= 11 is 9.15. The highest BCUT2D eigenvalue weighted by Crippen LogP contribution is 2.32. The second-order valence-corrected chi connectivity index (χ2v) is 5.47. The zero-order valence-electron chi connectivity index (χ0n) is 11.0. The summed E-state index contributed by atoms with van der Waals surface area (Å²) in [6.07, 6.45) is -1.12. The lowest BCUT2D eigenvalue weighted by atomic mass is 10.1. The second-order valence-electron chi connectivity index (χ2n) is 4.18. The van der Waals surface area contributed by atoms with Crippen LogP contribution in [0.2, 0.25) is 5.02 Å². The number of carbonyl (C=O) groups is 1. The highest BCUT2D eigenvalue weighted by atomic mass is 79.9. The van der Waals surface area contributed by atoms with Gasteiger partial charge in [0.2, 0.25) is 6.10 Å². The lowest BCUT2D eigenvalue weighted by Crippen LogP contribution is -2.18. The Labute approximate surface area is 135 Å². The SMILES string of the molecule is COc1ccc(C(Oc2ccc(Cl)cc2Br)C(=O)O)cc1. The first-order chi connectivity index (χ1) is 10.0. The molecule has 2 aromatic rings. The summed E-state index contributed by atoms with van der Waals surface area (Å²) in [4.78, 5) is 11.4. The number of carboxylic acid groups (broad SMARTS) is 1. The largest absolute Gasteiger partial charge is 0.497 e. The quantitative estimate of drug-likeness (QED) is 0.850. The van der Waals surface area contributed by atoms with E-state index in [9.17, 15) is 9.90 Å². The van der Waals surface area contributed by atoms with Crippen LogP contribution < -0.4 is 9.47 Å². The fraction of sp³-hybridized carbons (Fsp3) is 0.133. The Morgan fingerprint density at radius 3 is 2.43 bits per heavy atom. The topological polar surface area (TPSA) is 55.8 Å². The van der Waals surface area contributed by atoms with Gasteiger partial charge >= 0.3 is 5.97 Å². The van der Waals surface area contributed by atoms with E-state index in [1.807, 2.05) is 0 Å². The third-order valence-corrected chi connectivity index (χ3v) is 3.64. The summed E-state index contributed by atoms with van der Waals surface area (Å²) in [5.41, 5.74) is 0.519. The van der Waals surface area contributed by atoms with Gasteiger partial charge in [-0.2, -0.15) is 0 Å². The van der Waals surface area contributed by atoms with Crippen LogP contribution in [-0.2, 0) is 4.79 Å². The second kappa shape index (κ2) is 6.83. The molecule has 0 amide bonds. The standard InChI is InChI=1S/C15H12BrClO4/c1-20-11-5-2-9(3-6-11)14(15(18)19)21-13-7-4-10(17)8-12(13)16/h2-8,14H,1H3,(H,18,19). The van der Waals surface area contributed by atoms with Crippen molar-refractivity contribution in [2.45, 2.75) is 6.10 Å². The minimum atomic E-state index is -1.12. The number of ether oxygens (including phenoxy) is 2. The van der Waals surface area contributed by atoms with Crippen LogP contribution in [0, 0.1) is 0 Å². The molecule has 1 atom stereocenters. The molecule has 0 spiro atoms. The smallest absolute Gasteiger partial charge is 0.349 e. The molecule has 0 fully saturated rings. The van der Waals surface area contributed by atoms with Gasteiger partial charge < -0.3 is 14.6 Å². The maximum absolute atomic E-state index is 11.4. The van der Waals surface area contributed by atoms with Crippen LogP contribution in [0.15, 0.2) is 46.9 Å². The van der Waals surface area contributed by atoms with E-state index >= 15 is 0 Å². The van der Waals surface area contributed by atoms with Crippen LogP contribution in [-0.4, -0.2) is 18.2 Å². The zero-order valence-corrected chi connectivity index (χ0v) is 13.4. The van der Waals surface area contributed by atoms with Gasteiger partial charge in [-0.05, 0) is 46.3 Å². The molecule has 1 unspecified atom stereocenters. The maximum Gasteiger partial charge on any atom is 0.349 e. The molecule has 6 heteroatoms. The van der Waals surface area contributed by atoms with Crippen molar-refractivity contribution in [3.05, 3.63) is 57.5 Å². The average Bonchev–Trinajstić information content (AvgIpc) is 2.46. The number of halogens is 2. The number of methoxy groups -OCH3 is 1. The molecule has 110 valence electrons. The van der Waals surface area contributed by atoms with Crippen molar-refractivity contribution in [3.63, 3.8) is 0 Å². The third-order valence-electron chi connectivity index (χ3n) is 2.78. The van der Waals surface area contributed by atoms with Crippen molar-refractivity contribution in [2.24, 2.45) is 0 Å². The van der Waals surface area contributed by atoms with E-state index in [4.69, 9.17) is 21.1 Å². The Hall–Kier alpha value is -1.72. The van der Waals surface area contributed by atoms with E-state index in [1.165, 1.54) is 0 Å². The van der Waals surface area contributed by atoms with Gasteiger partial charge in [0.1, 0.15) is 11.5 Å². The van der Waals surface area contributed by atoms with E-state index in [1.54, 1.807) is 49.6 Å². The first kappa shape index (κ1) is 15.7. The van der Waals surface area contributed by atoms with Crippen LogP contribution in [0.4, 0.5) is 0 Å². The van der Waals surface area contributed by atoms with Crippen molar-refractivity contribution in [1.29, 1.82) is 0 Å². The summed E-state index contributed by atoms with van der Waals surface area (Å²) < 4.78 is 11.2. The molecule has 0 bridgehead atoms. The molecule has 2 rings (SSSR count). The van der Waals surface area contributed by atoms with E-state index < -0.39 is 12.1 Å². The molecule has 1 N–H and O–H groups in total. The van der Waals surface area contributed by atoms with Crippen LogP contribution in [0.5, 0.6) is 11.5 Å². The van der Waals surface area contributed by atoms with E-state index in [2.05, 4.69) is 15.9 Å². The Morgan fingerprint density at radius 1 is 1.24 bits per heavy atom. The summed E-state index contributed by atoms with van der Waals surface area (Å²) in [7, 11) is 1.55. The third kappa shape index (κ3) is 3.89. The fourth-order valence-electron chi connectivity index (χ4n) is 1.74. The number of hydrogen-bond donors (Lipinski definition) is 1. The molecule has 0 heterocycles. The first-order valence-electron chi connectivity index (χ1n) is 5.99. The number of rotatable bonds is 5. The molecular formula is C15H12BrClO4. The van der Waals surface area contributed by atoms with Crippen LogP contribution in [0.25, 0.3) is 0 Å². The fourth-order valence-corrected chi connectivity index (χ4v) is 2.51. The van der Waals surface area contributed by atoms with Crippen molar-refractivity contribution in [2.75, 3.05) is 7.11 Å². The number of aliphatic carboxylic acids is 1. The molecule has 0 aliphatic carbocycles. The molecule has 0 aromatic heterocycles. The average molecular weight is 372 g/mol. The normalized spacial score (nSPS) is 11.8. The minimum absolute atomic E-state index is 0.405. The van der Waals surface area contributed by atoms with Crippen molar-refractivity contribution < 1.29 is 19.4 Å². The molecule has 0 aliphatic heterocycles. The van der Waals surface area contributed by atoms with Crippen LogP contribution >= 0.6 is 27.5 Å². The van der Waals surface area contributed by atoms with Gasteiger partial charge in [0.25, 0.3) is 0 Å². The van der Waals surface area contributed by atoms with Gasteiger partial charge in [-0.15, -0.1) is 0 Å². The van der Waals surface area contributed by atoms with Crippen molar-refractivity contribution in [1.82, 2.24) is 0 Å². The maximum atomic E-state index is 11.4. The van der Waals surface area contributed by atoms with Gasteiger partial charge in [0.05, 0.1) is 11.6 Å². The zero-order chi connectivity index (χ0) is 15.4. The Kier molecular flexibility index (Phi) is 5.09. The molecule has 21 heavy (non-hydrogen) atoms. The first-order valence-corrected chi connectivity index (χ1v) is 7.17. The van der Waals surface area contributed by atoms with Crippen molar-refractivity contribution >= 4 is 33.5 Å². The molecule has 4 nitrogen and oxygen atoms in total. The highest BCUT2D eigenvalue weighted by molar-refractivity contribution is 9.10. The summed E-state index contributed by atoms with van der Waals surface area (Å²) in [6.45, 7) is 0. The Bertz CT molecular complexity index is 643. The molecule has 0 aliphatic rings. The molecule has 0 radical (unpaired) electrons. The number of hydrogen-bond acceptors (Lipinski definition) is 3. The van der Waals surface area contributed by atoms with E-state index in [-0.39, 0.29) is 0 Å². The summed E-state index contributed by atoms with van der Waals surface area (Å²) in [5.74, 6) is -0.0276. The highest BCUT2D eigenvalue weighted by Gasteiger charge is 2.23. The summed E-state index contributed by atoms with van der Waals surface area (Å²) in [6, 6.07) is 11.6. The lowest BCUT2D eigenvalue weighted by molar-refractivity contribution is -0.145. The Balaban J connectivity index is 2.28. The molecular weight excluding hydrogens is 360 g/mol. The predicted octanol–water partition coefficient (Wildman–Crippen LogP) is 4.32. The van der Waals surface area contributed by atoms with E-state index in [0.717, 1.165) is 0 Å². The minimum Gasteiger partial charge on any atom is -0.497 e. The predicted molar refractivity (Wildman–Crippen MR) is 83.2 cm³/mol. The van der Waals surface area contributed by atoms with E-state index in [0.29, 0.717) is 26.6 Å². The van der Waals surface area contributed by atoms with Gasteiger partial charge in [-0.3, -0.25) is 0 Å². The molecule has 2 aromatic carbocycles. The van der Waals surface area contributed by atoms with Crippen LogP contribution in [0.3, 0.4) is 0 Å².